The van der Waals surface area contributed by atoms with Crippen molar-refractivity contribution < 1.29 is 13.9 Å². The van der Waals surface area contributed by atoms with Gasteiger partial charge in [0.1, 0.15) is 5.82 Å². The standard InChI is InChI=1S/C15H22FN3O2/c1-17-14(20)9-15(11-21-2)6-4-8-19(15)10-13-12(16)5-3-7-18-13/h3,5,7H,4,6,8-11H2,1-2H3,(H,17,20)/t15-/m1/s1. The van der Waals surface area contributed by atoms with Crippen LogP contribution in [-0.2, 0) is 16.1 Å². The van der Waals surface area contributed by atoms with Crippen molar-refractivity contribution in [3.63, 3.8) is 0 Å². The zero-order chi connectivity index (χ0) is 15.3. The number of methoxy groups -OCH3 is 1. The third kappa shape index (κ3) is 3.57. The Morgan fingerprint density at radius 1 is 1.62 bits per heavy atom. The van der Waals surface area contributed by atoms with Crippen molar-refractivity contribution in [1.82, 2.24) is 15.2 Å². The molecule has 1 aromatic heterocycles. The zero-order valence-electron chi connectivity index (χ0n) is 12.6. The molecule has 116 valence electrons. The van der Waals surface area contributed by atoms with Crippen LogP contribution in [0.1, 0.15) is 25.0 Å². The van der Waals surface area contributed by atoms with Gasteiger partial charge in [0.25, 0.3) is 0 Å². The van der Waals surface area contributed by atoms with Crippen LogP contribution in [0.5, 0.6) is 0 Å². The number of nitrogens with zero attached hydrogens (tertiary/aromatic N) is 2. The molecule has 0 unspecified atom stereocenters. The summed E-state index contributed by atoms with van der Waals surface area (Å²) in [6, 6.07) is 2.99. The van der Waals surface area contributed by atoms with E-state index in [1.165, 1.54) is 6.07 Å². The number of pyridine rings is 1. The first-order valence-corrected chi connectivity index (χ1v) is 7.15. The maximum Gasteiger partial charge on any atom is 0.221 e. The van der Waals surface area contributed by atoms with E-state index in [4.69, 9.17) is 4.74 Å². The highest BCUT2D eigenvalue weighted by atomic mass is 19.1. The van der Waals surface area contributed by atoms with E-state index in [1.807, 2.05) is 0 Å². The summed E-state index contributed by atoms with van der Waals surface area (Å²) in [6.07, 6.45) is 3.77. The lowest BCUT2D eigenvalue weighted by molar-refractivity contribution is -0.124. The molecule has 0 radical (unpaired) electrons. The summed E-state index contributed by atoms with van der Waals surface area (Å²) >= 11 is 0. The topological polar surface area (TPSA) is 54.5 Å². The summed E-state index contributed by atoms with van der Waals surface area (Å²) in [5.74, 6) is -0.337. The third-order valence-corrected chi connectivity index (χ3v) is 4.10. The second-order valence-electron chi connectivity index (χ2n) is 5.46. The van der Waals surface area contributed by atoms with Gasteiger partial charge in [-0.1, -0.05) is 0 Å². The number of aromatic nitrogens is 1. The molecule has 0 bridgehead atoms. The Hall–Kier alpha value is -1.53. The van der Waals surface area contributed by atoms with Gasteiger partial charge in [-0.25, -0.2) is 4.39 Å². The van der Waals surface area contributed by atoms with Gasteiger partial charge in [-0.3, -0.25) is 14.7 Å². The molecule has 2 heterocycles. The molecule has 1 aromatic rings. The molecule has 0 aromatic carbocycles. The van der Waals surface area contributed by atoms with E-state index in [9.17, 15) is 9.18 Å². The molecule has 1 N–H and O–H groups in total. The molecule has 0 saturated carbocycles. The second kappa shape index (κ2) is 6.95. The molecule has 1 amide bonds. The predicted molar refractivity (Wildman–Crippen MR) is 77.1 cm³/mol. The summed E-state index contributed by atoms with van der Waals surface area (Å²) in [7, 11) is 3.25. The third-order valence-electron chi connectivity index (χ3n) is 4.10. The van der Waals surface area contributed by atoms with Gasteiger partial charge in [-0.2, -0.15) is 0 Å². The fraction of sp³-hybridized carbons (Fsp3) is 0.600. The van der Waals surface area contributed by atoms with E-state index < -0.39 is 0 Å². The van der Waals surface area contributed by atoms with Crippen molar-refractivity contribution in [3.05, 3.63) is 29.8 Å². The van der Waals surface area contributed by atoms with Crippen molar-refractivity contribution in [3.8, 4) is 0 Å². The fourth-order valence-electron chi connectivity index (χ4n) is 3.03. The fourth-order valence-corrected chi connectivity index (χ4v) is 3.03. The van der Waals surface area contributed by atoms with Crippen molar-refractivity contribution >= 4 is 5.91 Å². The number of halogens is 1. The van der Waals surface area contributed by atoms with Crippen LogP contribution in [0.2, 0.25) is 0 Å². The van der Waals surface area contributed by atoms with Crippen molar-refractivity contribution in [1.29, 1.82) is 0 Å². The minimum Gasteiger partial charge on any atom is -0.383 e. The van der Waals surface area contributed by atoms with Crippen LogP contribution in [0, 0.1) is 5.82 Å². The van der Waals surface area contributed by atoms with E-state index in [0.717, 1.165) is 19.4 Å². The van der Waals surface area contributed by atoms with Gasteiger partial charge in [0.2, 0.25) is 5.91 Å². The summed E-state index contributed by atoms with van der Waals surface area (Å²) in [6.45, 7) is 1.66. The Morgan fingerprint density at radius 2 is 2.43 bits per heavy atom. The van der Waals surface area contributed by atoms with Gasteiger partial charge in [0.05, 0.1) is 17.8 Å². The van der Waals surface area contributed by atoms with Crippen LogP contribution in [-0.4, -0.2) is 48.6 Å². The van der Waals surface area contributed by atoms with Gasteiger partial charge in [0.15, 0.2) is 0 Å². The first-order valence-electron chi connectivity index (χ1n) is 7.15. The van der Waals surface area contributed by atoms with Gasteiger partial charge in [-0.05, 0) is 31.5 Å². The molecule has 2 rings (SSSR count). The Morgan fingerprint density at radius 3 is 3.10 bits per heavy atom. The summed E-state index contributed by atoms with van der Waals surface area (Å²) in [5.41, 5.74) is 0.0375. The zero-order valence-corrected chi connectivity index (χ0v) is 12.6. The largest absolute Gasteiger partial charge is 0.383 e. The minimum absolute atomic E-state index is 0.0274. The second-order valence-corrected chi connectivity index (χ2v) is 5.46. The van der Waals surface area contributed by atoms with Gasteiger partial charge in [0, 0.05) is 33.3 Å². The van der Waals surface area contributed by atoms with E-state index in [-0.39, 0.29) is 17.3 Å². The van der Waals surface area contributed by atoms with E-state index in [0.29, 0.717) is 25.3 Å². The molecule has 21 heavy (non-hydrogen) atoms. The number of carbonyl (C=O) groups excluding carboxylic acids is 1. The molecule has 0 aliphatic carbocycles. The molecule has 0 spiro atoms. The van der Waals surface area contributed by atoms with Crippen LogP contribution in [0.4, 0.5) is 4.39 Å². The lowest BCUT2D eigenvalue weighted by atomic mass is 9.92. The summed E-state index contributed by atoms with van der Waals surface area (Å²) in [5, 5.41) is 2.66. The van der Waals surface area contributed by atoms with Crippen molar-refractivity contribution in [2.24, 2.45) is 0 Å². The molecule has 1 aliphatic rings. The molecular weight excluding hydrogens is 273 g/mol. The summed E-state index contributed by atoms with van der Waals surface area (Å²) in [4.78, 5) is 18.1. The Labute approximate surface area is 124 Å². The molecule has 1 fully saturated rings. The van der Waals surface area contributed by atoms with Gasteiger partial charge < -0.3 is 10.1 Å². The average Bonchev–Trinajstić information content (AvgIpc) is 2.84. The van der Waals surface area contributed by atoms with Gasteiger partial charge in [-0.15, -0.1) is 0 Å². The quantitative estimate of drug-likeness (QED) is 0.860. The van der Waals surface area contributed by atoms with Crippen LogP contribution in [0.3, 0.4) is 0 Å². The monoisotopic (exact) mass is 295 g/mol. The molecule has 5 nitrogen and oxygen atoms in total. The first kappa shape index (κ1) is 15.9. The van der Waals surface area contributed by atoms with E-state index in [2.05, 4.69) is 15.2 Å². The highest BCUT2D eigenvalue weighted by Crippen LogP contribution is 2.34. The number of ether oxygens (including phenoxy) is 1. The molecule has 6 heteroatoms. The smallest absolute Gasteiger partial charge is 0.221 e. The minimum atomic E-state index is -0.376. The predicted octanol–water partition coefficient (Wildman–Crippen LogP) is 1.34. The highest BCUT2D eigenvalue weighted by molar-refractivity contribution is 5.77. The molecular formula is C15H22FN3O2. The maximum absolute atomic E-state index is 13.8. The Bertz CT molecular complexity index is 498. The van der Waals surface area contributed by atoms with Gasteiger partial charge >= 0.3 is 0 Å². The van der Waals surface area contributed by atoms with E-state index >= 15 is 0 Å². The normalized spacial score (nSPS) is 22.4. The Balaban J connectivity index is 2.19. The number of likely N-dealkylation sites (tertiary alicyclic amines) is 1. The lowest BCUT2D eigenvalue weighted by Crippen LogP contribution is -2.50. The number of hydrogen-bond acceptors (Lipinski definition) is 4. The number of rotatable bonds is 6. The number of amides is 1. The van der Waals surface area contributed by atoms with Crippen molar-refractivity contribution in [2.75, 3.05) is 27.3 Å². The first-order chi connectivity index (χ1) is 10.1. The van der Waals surface area contributed by atoms with Crippen LogP contribution in [0.15, 0.2) is 18.3 Å². The average molecular weight is 295 g/mol. The molecule has 1 atom stereocenters. The van der Waals surface area contributed by atoms with Crippen LogP contribution < -0.4 is 5.32 Å². The molecule has 1 saturated heterocycles. The SMILES string of the molecule is CNC(=O)C[C@@]1(COC)CCCN1Cc1ncccc1F. The van der Waals surface area contributed by atoms with E-state index in [1.54, 1.807) is 26.4 Å². The Kier molecular flexibility index (Phi) is 5.25. The highest BCUT2D eigenvalue weighted by Gasteiger charge is 2.42. The number of nitrogens with one attached hydrogen (secondary N) is 1. The number of hydrogen-bond donors (Lipinski definition) is 1. The van der Waals surface area contributed by atoms with Crippen LogP contribution >= 0.6 is 0 Å². The summed E-state index contributed by atoms with van der Waals surface area (Å²) < 4.78 is 19.1. The number of carbonyl (C=O) groups is 1. The van der Waals surface area contributed by atoms with Crippen molar-refractivity contribution in [2.45, 2.75) is 31.3 Å². The maximum atomic E-state index is 13.8. The van der Waals surface area contributed by atoms with Crippen LogP contribution in [0.25, 0.3) is 0 Å². The lowest BCUT2D eigenvalue weighted by Gasteiger charge is -2.37. The molecule has 1 aliphatic heterocycles.